The maximum Gasteiger partial charge on any atom is 0.213 e. The van der Waals surface area contributed by atoms with Crippen LogP contribution in [0.2, 0.25) is 0 Å². The van der Waals surface area contributed by atoms with E-state index in [4.69, 9.17) is 23.2 Å². The van der Waals surface area contributed by atoms with Gasteiger partial charge < -0.3 is 0 Å². The van der Waals surface area contributed by atoms with E-state index in [-0.39, 0.29) is 0 Å². The van der Waals surface area contributed by atoms with Crippen LogP contribution < -0.4 is 0 Å². The number of hydrogen-bond acceptors (Lipinski definition) is 0. The topological polar surface area (TPSA) is 3.01 Å². The first-order valence-corrected chi connectivity index (χ1v) is 5.45. The molecule has 0 spiro atoms. The number of hydrogen-bond donors (Lipinski definition) is 0. The van der Waals surface area contributed by atoms with Crippen LogP contribution in [0.25, 0.3) is 0 Å². The van der Waals surface area contributed by atoms with Crippen LogP contribution in [0, 0.1) is 6.42 Å². The minimum atomic E-state index is 0.657. The lowest BCUT2D eigenvalue weighted by Gasteiger charge is -2.06. The highest BCUT2D eigenvalue weighted by Crippen LogP contribution is 2.24. The average molecular weight is 240 g/mol. The molecule has 1 radical (unpaired) electrons. The first-order chi connectivity index (χ1) is 7.08. The summed E-state index contributed by atoms with van der Waals surface area (Å²) in [7, 11) is 0. The lowest BCUT2D eigenvalue weighted by atomic mass is 10.1. The van der Waals surface area contributed by atoms with E-state index < -0.39 is 0 Å². The molecule has 1 heterocycles. The van der Waals surface area contributed by atoms with Gasteiger partial charge in [0.25, 0.3) is 0 Å². The molecule has 1 aliphatic carbocycles. The van der Waals surface area contributed by atoms with E-state index in [2.05, 4.69) is 30.6 Å². The van der Waals surface area contributed by atoms with Gasteiger partial charge in [0.05, 0.1) is 0 Å². The second-order valence-corrected chi connectivity index (χ2v) is 4.45. The Morgan fingerprint density at radius 1 is 0.933 bits per heavy atom. The van der Waals surface area contributed by atoms with Crippen LogP contribution in [0.3, 0.4) is 0 Å². The third-order valence-corrected chi connectivity index (χ3v) is 2.81. The molecule has 2 rings (SSSR count). The zero-order valence-electron chi connectivity index (χ0n) is 8.59. The molecule has 1 aliphatic heterocycles. The maximum absolute atomic E-state index is 5.97. The van der Waals surface area contributed by atoms with Crippen molar-refractivity contribution in [3.8, 4) is 0 Å². The van der Waals surface area contributed by atoms with E-state index in [0.29, 0.717) is 10.1 Å². The van der Waals surface area contributed by atoms with Crippen molar-refractivity contribution in [2.75, 3.05) is 0 Å². The molecular weight excluding hydrogens is 229 g/mol. The molecule has 0 bridgehead atoms. The van der Waals surface area contributed by atoms with E-state index in [1.165, 1.54) is 11.4 Å². The van der Waals surface area contributed by atoms with Crippen LogP contribution in [0.15, 0.2) is 45.8 Å². The van der Waals surface area contributed by atoms with Gasteiger partial charge in [0.1, 0.15) is 0 Å². The van der Waals surface area contributed by atoms with Crippen LogP contribution >= 0.6 is 23.2 Å². The molecular formula is C12H11Cl2N+. The molecule has 0 aromatic carbocycles. The Morgan fingerprint density at radius 2 is 1.40 bits per heavy atom. The van der Waals surface area contributed by atoms with Gasteiger partial charge in [-0.1, -0.05) is 23.2 Å². The Morgan fingerprint density at radius 3 is 1.87 bits per heavy atom. The summed E-state index contributed by atoms with van der Waals surface area (Å²) in [5.74, 6) is 0. The molecule has 0 unspecified atom stereocenters. The summed E-state index contributed by atoms with van der Waals surface area (Å²) in [4.78, 5) is 0. The van der Waals surface area contributed by atoms with Gasteiger partial charge in [-0.2, -0.15) is 4.58 Å². The zero-order valence-corrected chi connectivity index (χ0v) is 10.1. The van der Waals surface area contributed by atoms with Gasteiger partial charge in [-0.05, 0) is 0 Å². The first kappa shape index (κ1) is 10.7. The Balaban J connectivity index is 2.54. The Kier molecular flexibility index (Phi) is 2.85. The third kappa shape index (κ3) is 2.09. The van der Waals surface area contributed by atoms with Crippen LogP contribution in [0.4, 0.5) is 0 Å². The largest absolute Gasteiger partial charge is 0.213 e. The Labute approximate surface area is 99.7 Å². The van der Waals surface area contributed by atoms with Crippen molar-refractivity contribution in [2.24, 2.45) is 0 Å². The predicted octanol–water partition coefficient (Wildman–Crippen LogP) is 3.72. The predicted molar refractivity (Wildman–Crippen MR) is 65.0 cm³/mol. The van der Waals surface area contributed by atoms with Crippen molar-refractivity contribution in [2.45, 2.75) is 13.8 Å². The van der Waals surface area contributed by atoms with E-state index in [0.717, 1.165) is 5.71 Å². The molecule has 0 saturated carbocycles. The molecule has 0 saturated heterocycles. The first-order valence-electron chi connectivity index (χ1n) is 4.69. The van der Waals surface area contributed by atoms with E-state index in [9.17, 15) is 0 Å². The SMILES string of the molecule is CC1=CC=C(C)[N+]1=C1C=C(Cl)[CH]C(Cl)=C1. The molecule has 0 N–H and O–H groups in total. The highest BCUT2D eigenvalue weighted by Gasteiger charge is 2.23. The number of allylic oxidation sites excluding steroid dienone is 8. The van der Waals surface area contributed by atoms with Crippen molar-refractivity contribution >= 4 is 28.9 Å². The summed E-state index contributed by atoms with van der Waals surface area (Å²) < 4.78 is 2.12. The van der Waals surface area contributed by atoms with E-state index >= 15 is 0 Å². The van der Waals surface area contributed by atoms with Gasteiger partial charge in [-0.25, -0.2) is 0 Å². The van der Waals surface area contributed by atoms with Crippen molar-refractivity contribution in [1.82, 2.24) is 0 Å². The summed E-state index contributed by atoms with van der Waals surface area (Å²) in [6, 6.07) is 0. The number of halogens is 2. The van der Waals surface area contributed by atoms with Crippen molar-refractivity contribution < 1.29 is 4.58 Å². The second kappa shape index (κ2) is 3.99. The molecule has 15 heavy (non-hydrogen) atoms. The van der Waals surface area contributed by atoms with Crippen molar-refractivity contribution in [1.29, 1.82) is 0 Å². The van der Waals surface area contributed by atoms with E-state index in [1.54, 1.807) is 6.42 Å². The molecule has 0 atom stereocenters. The van der Waals surface area contributed by atoms with Gasteiger partial charge in [0.2, 0.25) is 5.71 Å². The number of rotatable bonds is 0. The minimum Gasteiger partial charge on any atom is -0.162 e. The third-order valence-electron chi connectivity index (χ3n) is 2.38. The lowest BCUT2D eigenvalue weighted by molar-refractivity contribution is -0.415. The standard InChI is InChI=1S/C12H11Cl2N/c1-8-3-4-9(2)15(8)12-6-10(13)5-11(14)7-12/h3-7H,1-2H3/q+1. The summed E-state index contributed by atoms with van der Waals surface area (Å²) in [6.45, 7) is 4.11. The molecule has 0 aromatic rings. The summed E-state index contributed by atoms with van der Waals surface area (Å²) >= 11 is 11.9. The zero-order chi connectivity index (χ0) is 11.0. The van der Waals surface area contributed by atoms with E-state index in [1.807, 2.05) is 12.2 Å². The lowest BCUT2D eigenvalue weighted by Crippen LogP contribution is -2.15. The van der Waals surface area contributed by atoms with Gasteiger partial charge in [-0.15, -0.1) is 0 Å². The van der Waals surface area contributed by atoms with Gasteiger partial charge in [0, 0.05) is 54.6 Å². The fraction of sp³-hybridized carbons (Fsp3) is 0.167. The quantitative estimate of drug-likeness (QED) is 0.567. The second-order valence-electron chi connectivity index (χ2n) is 3.58. The smallest absolute Gasteiger partial charge is 0.162 e. The molecule has 0 amide bonds. The molecule has 0 fully saturated rings. The number of nitrogens with zero attached hydrogens (tertiary/aromatic N) is 1. The Bertz CT molecular complexity index is 422. The van der Waals surface area contributed by atoms with Crippen LogP contribution in [-0.4, -0.2) is 10.3 Å². The highest BCUT2D eigenvalue weighted by atomic mass is 35.5. The highest BCUT2D eigenvalue weighted by molar-refractivity contribution is 6.39. The molecule has 77 valence electrons. The summed E-state index contributed by atoms with van der Waals surface area (Å²) in [6.07, 6.45) is 9.70. The monoisotopic (exact) mass is 239 g/mol. The summed E-state index contributed by atoms with van der Waals surface area (Å²) in [5.41, 5.74) is 3.35. The normalized spacial score (nSPS) is 21.1. The van der Waals surface area contributed by atoms with Crippen molar-refractivity contribution in [3.63, 3.8) is 0 Å². The average Bonchev–Trinajstić information content (AvgIpc) is 2.44. The molecule has 1 nitrogen and oxygen atoms in total. The van der Waals surface area contributed by atoms with Crippen molar-refractivity contribution in [3.05, 3.63) is 52.2 Å². The van der Waals surface area contributed by atoms with Gasteiger partial charge in [0.15, 0.2) is 11.4 Å². The molecule has 2 aliphatic rings. The fourth-order valence-electron chi connectivity index (χ4n) is 1.74. The van der Waals surface area contributed by atoms with Crippen LogP contribution in [0.1, 0.15) is 13.8 Å². The fourth-order valence-corrected chi connectivity index (χ4v) is 2.26. The van der Waals surface area contributed by atoms with Gasteiger partial charge in [-0.3, -0.25) is 0 Å². The van der Waals surface area contributed by atoms with Crippen LogP contribution in [0.5, 0.6) is 0 Å². The minimum absolute atomic E-state index is 0.657. The molecule has 3 heteroatoms. The van der Waals surface area contributed by atoms with Gasteiger partial charge >= 0.3 is 0 Å². The maximum atomic E-state index is 5.97. The molecule has 0 aromatic heterocycles. The summed E-state index contributed by atoms with van der Waals surface area (Å²) in [5, 5.41) is 1.31. The Hall–Kier alpha value is -0.790. The van der Waals surface area contributed by atoms with Crippen LogP contribution in [-0.2, 0) is 0 Å².